The third-order valence-corrected chi connectivity index (χ3v) is 3.22. The largest absolute Gasteiger partial charge is 0.398 e. The van der Waals surface area contributed by atoms with Crippen LogP contribution in [0.5, 0.6) is 0 Å². The number of para-hydroxylation sites is 1. The molecule has 2 N–H and O–H groups in total. The number of benzene rings is 1. The van der Waals surface area contributed by atoms with Crippen molar-refractivity contribution >= 4 is 23.9 Å². The van der Waals surface area contributed by atoms with Gasteiger partial charge in [-0.15, -0.1) is 12.4 Å². The van der Waals surface area contributed by atoms with Crippen LogP contribution < -0.4 is 5.73 Å². The minimum absolute atomic E-state index is 0. The molecule has 0 aromatic heterocycles. The highest BCUT2D eigenvalue weighted by Gasteiger charge is 2.18. The number of hydrogen-bond acceptors (Lipinski definition) is 4. The molecule has 0 atom stereocenters. The van der Waals surface area contributed by atoms with Crippen molar-refractivity contribution in [3.8, 4) is 0 Å². The first-order valence-electron chi connectivity index (χ1n) is 5.95. The lowest BCUT2D eigenvalue weighted by molar-refractivity contribution is 0.0877. The van der Waals surface area contributed by atoms with Crippen molar-refractivity contribution in [1.29, 1.82) is 0 Å². The number of likely N-dealkylation sites (N-methyl/N-ethyl adjacent to an activating group) is 1. The van der Waals surface area contributed by atoms with E-state index in [0.717, 1.165) is 26.2 Å². The maximum atomic E-state index is 12.1. The van der Waals surface area contributed by atoms with Gasteiger partial charge in [0.15, 0.2) is 5.78 Å². The molecule has 1 saturated heterocycles. The van der Waals surface area contributed by atoms with E-state index < -0.39 is 0 Å². The number of nitrogens with zero attached hydrogens (tertiary/aromatic N) is 2. The molecule has 1 aromatic rings. The highest BCUT2D eigenvalue weighted by Crippen LogP contribution is 2.12. The summed E-state index contributed by atoms with van der Waals surface area (Å²) >= 11 is 0. The van der Waals surface area contributed by atoms with Gasteiger partial charge in [0.1, 0.15) is 0 Å². The molecule has 1 fully saturated rings. The molecule has 4 nitrogen and oxygen atoms in total. The molecule has 0 amide bonds. The number of piperazine rings is 1. The Morgan fingerprint density at radius 3 is 2.44 bits per heavy atom. The summed E-state index contributed by atoms with van der Waals surface area (Å²) in [4.78, 5) is 16.5. The molecule has 0 unspecified atom stereocenters. The van der Waals surface area contributed by atoms with Crippen LogP contribution in [0, 0.1) is 0 Å². The lowest BCUT2D eigenvalue weighted by Gasteiger charge is -2.31. The molecule has 0 aliphatic carbocycles. The van der Waals surface area contributed by atoms with Gasteiger partial charge in [-0.1, -0.05) is 12.1 Å². The summed E-state index contributed by atoms with van der Waals surface area (Å²) in [5, 5.41) is 0. The monoisotopic (exact) mass is 269 g/mol. The van der Waals surface area contributed by atoms with E-state index in [4.69, 9.17) is 5.73 Å². The fourth-order valence-corrected chi connectivity index (χ4v) is 2.05. The van der Waals surface area contributed by atoms with Gasteiger partial charge in [-0.05, 0) is 19.2 Å². The number of nitrogens with two attached hydrogens (primary N) is 1. The minimum atomic E-state index is 0. The number of anilines is 1. The molecule has 100 valence electrons. The number of hydrogen-bond donors (Lipinski definition) is 1. The molecule has 0 bridgehead atoms. The molecule has 0 saturated carbocycles. The van der Waals surface area contributed by atoms with Crippen LogP contribution in [0.1, 0.15) is 10.4 Å². The molecule has 1 aliphatic heterocycles. The highest BCUT2D eigenvalue weighted by atomic mass is 35.5. The van der Waals surface area contributed by atoms with Crippen LogP contribution in [-0.4, -0.2) is 55.4 Å². The second-order valence-electron chi connectivity index (χ2n) is 4.59. The zero-order valence-electron chi connectivity index (χ0n) is 10.6. The fourth-order valence-electron chi connectivity index (χ4n) is 2.05. The lowest BCUT2D eigenvalue weighted by atomic mass is 10.1. The van der Waals surface area contributed by atoms with Crippen LogP contribution in [0.25, 0.3) is 0 Å². The molecule has 0 radical (unpaired) electrons. The van der Waals surface area contributed by atoms with Crippen LogP contribution in [0.4, 0.5) is 5.69 Å². The van der Waals surface area contributed by atoms with Gasteiger partial charge in [-0.2, -0.15) is 0 Å². The van der Waals surface area contributed by atoms with E-state index in [-0.39, 0.29) is 18.2 Å². The van der Waals surface area contributed by atoms with Gasteiger partial charge in [0, 0.05) is 37.4 Å². The average Bonchev–Trinajstić information content (AvgIpc) is 2.32. The molecule has 18 heavy (non-hydrogen) atoms. The van der Waals surface area contributed by atoms with Crippen molar-refractivity contribution in [3.63, 3.8) is 0 Å². The predicted octanol–water partition coefficient (Wildman–Crippen LogP) is 1.12. The van der Waals surface area contributed by atoms with Crippen molar-refractivity contribution in [3.05, 3.63) is 29.8 Å². The predicted molar refractivity (Wildman–Crippen MR) is 76.4 cm³/mol. The van der Waals surface area contributed by atoms with Gasteiger partial charge >= 0.3 is 0 Å². The van der Waals surface area contributed by atoms with Crippen LogP contribution in [0.15, 0.2) is 24.3 Å². The topological polar surface area (TPSA) is 49.6 Å². The second-order valence-corrected chi connectivity index (χ2v) is 4.59. The fraction of sp³-hybridized carbons (Fsp3) is 0.462. The summed E-state index contributed by atoms with van der Waals surface area (Å²) in [6.07, 6.45) is 0. The molecular weight excluding hydrogens is 250 g/mol. The normalized spacial score (nSPS) is 17.2. The van der Waals surface area contributed by atoms with Crippen molar-refractivity contribution in [2.24, 2.45) is 0 Å². The van der Waals surface area contributed by atoms with E-state index in [1.165, 1.54) is 0 Å². The summed E-state index contributed by atoms with van der Waals surface area (Å²) in [6, 6.07) is 7.28. The van der Waals surface area contributed by atoms with Gasteiger partial charge in [-0.25, -0.2) is 0 Å². The zero-order chi connectivity index (χ0) is 12.3. The quantitative estimate of drug-likeness (QED) is 0.660. The number of carbonyl (C=O) groups excluding carboxylic acids is 1. The summed E-state index contributed by atoms with van der Waals surface area (Å²) in [6.45, 7) is 4.43. The first-order valence-corrected chi connectivity index (χ1v) is 5.95. The number of nitrogen functional groups attached to an aromatic ring is 1. The molecule has 2 rings (SSSR count). The van der Waals surface area contributed by atoms with E-state index in [1.807, 2.05) is 12.1 Å². The number of Topliss-reactive ketones (excluding diaryl/α,β-unsaturated/α-hetero) is 1. The third kappa shape index (κ3) is 3.70. The Morgan fingerprint density at radius 2 is 1.83 bits per heavy atom. The van der Waals surface area contributed by atoms with E-state index in [9.17, 15) is 4.79 Å². The third-order valence-electron chi connectivity index (χ3n) is 3.22. The van der Waals surface area contributed by atoms with Crippen LogP contribution in [0.2, 0.25) is 0 Å². The Balaban J connectivity index is 0.00000162. The van der Waals surface area contributed by atoms with Gasteiger partial charge < -0.3 is 10.6 Å². The molecule has 5 heteroatoms. The molecule has 1 aliphatic rings. The van der Waals surface area contributed by atoms with Crippen LogP contribution in [0.3, 0.4) is 0 Å². The Bertz CT molecular complexity index is 403. The first-order chi connectivity index (χ1) is 8.16. The minimum Gasteiger partial charge on any atom is -0.398 e. The number of carbonyl (C=O) groups is 1. The van der Waals surface area contributed by atoms with Crippen LogP contribution >= 0.6 is 12.4 Å². The average molecular weight is 270 g/mol. The highest BCUT2D eigenvalue weighted by molar-refractivity contribution is 6.02. The molecule has 1 aromatic carbocycles. The van der Waals surface area contributed by atoms with Gasteiger partial charge in [0.05, 0.1) is 6.54 Å². The lowest BCUT2D eigenvalue weighted by Crippen LogP contribution is -2.46. The second kappa shape index (κ2) is 6.73. The Labute approximate surface area is 114 Å². The summed E-state index contributed by atoms with van der Waals surface area (Å²) < 4.78 is 0. The summed E-state index contributed by atoms with van der Waals surface area (Å²) in [5.41, 5.74) is 7.02. The summed E-state index contributed by atoms with van der Waals surface area (Å²) in [5.74, 6) is 0.118. The SMILES string of the molecule is CN1CCN(CC(=O)c2ccccc2N)CC1.Cl. The van der Waals surface area contributed by atoms with Gasteiger partial charge in [-0.3, -0.25) is 9.69 Å². The maximum Gasteiger partial charge on any atom is 0.178 e. The van der Waals surface area contributed by atoms with E-state index >= 15 is 0 Å². The van der Waals surface area contributed by atoms with Crippen LogP contribution in [-0.2, 0) is 0 Å². The van der Waals surface area contributed by atoms with E-state index in [0.29, 0.717) is 17.8 Å². The maximum absolute atomic E-state index is 12.1. The van der Waals surface area contributed by atoms with E-state index in [2.05, 4.69) is 16.8 Å². The Hall–Kier alpha value is -1.10. The molecule has 0 spiro atoms. The number of ketones is 1. The van der Waals surface area contributed by atoms with Crippen molar-refractivity contribution in [1.82, 2.24) is 9.80 Å². The van der Waals surface area contributed by atoms with Gasteiger partial charge in [0.2, 0.25) is 0 Å². The standard InChI is InChI=1S/C13H19N3O.ClH/c1-15-6-8-16(9-7-15)10-13(17)11-4-2-3-5-12(11)14;/h2-5H,6-10,14H2,1H3;1H. The molecule has 1 heterocycles. The number of halogens is 1. The Kier molecular flexibility index (Phi) is 5.59. The zero-order valence-corrected chi connectivity index (χ0v) is 11.4. The first kappa shape index (κ1) is 15.0. The van der Waals surface area contributed by atoms with Crippen molar-refractivity contribution < 1.29 is 4.79 Å². The van der Waals surface area contributed by atoms with Crippen molar-refractivity contribution in [2.45, 2.75) is 0 Å². The number of rotatable bonds is 3. The van der Waals surface area contributed by atoms with E-state index in [1.54, 1.807) is 12.1 Å². The van der Waals surface area contributed by atoms with Crippen molar-refractivity contribution in [2.75, 3.05) is 45.5 Å². The molecular formula is C13H20ClN3O. The Morgan fingerprint density at radius 1 is 1.22 bits per heavy atom. The van der Waals surface area contributed by atoms with Gasteiger partial charge in [0.25, 0.3) is 0 Å². The summed E-state index contributed by atoms with van der Waals surface area (Å²) in [7, 11) is 2.11. The smallest absolute Gasteiger partial charge is 0.178 e.